The summed E-state index contributed by atoms with van der Waals surface area (Å²) in [4.78, 5) is 59.3. The predicted octanol–water partition coefficient (Wildman–Crippen LogP) is 5.04. The maximum Gasteiger partial charge on any atom is 0.318 e. The van der Waals surface area contributed by atoms with Crippen LogP contribution in [0.15, 0.2) is 36.4 Å². The van der Waals surface area contributed by atoms with Crippen LogP contribution < -0.4 is 16.1 Å². The fourth-order valence-corrected chi connectivity index (χ4v) is 6.45. The maximum absolute atomic E-state index is 14.1. The van der Waals surface area contributed by atoms with Crippen LogP contribution in [0.3, 0.4) is 0 Å². The molecule has 12 heteroatoms. The second kappa shape index (κ2) is 14.5. The lowest BCUT2D eigenvalue weighted by Crippen LogP contribution is -2.61. The number of benzene rings is 1. The zero-order valence-corrected chi connectivity index (χ0v) is 31.1. The Morgan fingerprint density at radius 2 is 1.71 bits per heavy atom. The van der Waals surface area contributed by atoms with Crippen LogP contribution in [0, 0.1) is 11.3 Å². The van der Waals surface area contributed by atoms with Gasteiger partial charge in [0.25, 0.3) is 11.8 Å². The highest BCUT2D eigenvalue weighted by Gasteiger charge is 2.43. The van der Waals surface area contributed by atoms with Crippen LogP contribution in [0.5, 0.6) is 0 Å². The Balaban J connectivity index is 1.77. The molecule has 3 heterocycles. The molecule has 0 spiro atoms. The van der Waals surface area contributed by atoms with Crippen LogP contribution in [0.4, 0.5) is 0 Å². The van der Waals surface area contributed by atoms with Crippen molar-refractivity contribution >= 4 is 49.0 Å². The summed E-state index contributed by atoms with van der Waals surface area (Å²) >= 11 is 0. The number of aromatic nitrogens is 1. The largest absolute Gasteiger partial charge is 0.451 e. The molecule has 262 valence electrons. The average molecular weight is 680 g/mol. The zero-order chi connectivity index (χ0) is 35.6. The molecule has 3 N–H and O–H groups in total. The van der Waals surface area contributed by atoms with E-state index in [-0.39, 0.29) is 29.5 Å². The number of hydrazine groups is 1. The summed E-state index contributed by atoms with van der Waals surface area (Å²) in [5.74, 6) is -2.19. The number of esters is 1. The van der Waals surface area contributed by atoms with Gasteiger partial charge in [0.05, 0.1) is 23.9 Å². The van der Waals surface area contributed by atoms with E-state index in [1.54, 1.807) is 33.8 Å². The van der Waals surface area contributed by atoms with Gasteiger partial charge in [0.2, 0.25) is 5.91 Å². The van der Waals surface area contributed by atoms with Gasteiger partial charge in [-0.1, -0.05) is 65.0 Å². The third-order valence-corrected chi connectivity index (χ3v) is 14.3. The maximum atomic E-state index is 14.1. The minimum atomic E-state index is -2.27. The Morgan fingerprint density at radius 1 is 1.04 bits per heavy atom. The quantitative estimate of drug-likeness (QED) is 0.302. The SMILES string of the molecule is CC(C)[C@@H]1OC(=O)[C@@](C)(CO[Si](C)(C)C(C)(C)C)/C=C/c2ccc3ccc(nc3c2)[C@@H](C)NC(=O)[C@@H]2CCCN(N2)C(=O)[C@H](C)NC1=O. The molecule has 1 aromatic carbocycles. The molecule has 5 bridgehead atoms. The number of hydrogen-bond acceptors (Lipinski definition) is 8. The van der Waals surface area contributed by atoms with Crippen molar-refractivity contribution in [2.24, 2.45) is 11.3 Å². The van der Waals surface area contributed by atoms with Crippen LogP contribution in [0.1, 0.15) is 85.5 Å². The van der Waals surface area contributed by atoms with E-state index in [1.807, 2.05) is 43.3 Å². The van der Waals surface area contributed by atoms with Crippen molar-refractivity contribution in [3.63, 3.8) is 0 Å². The number of cyclic esters (lactones) is 1. The number of carbonyl (C=O) groups is 4. The van der Waals surface area contributed by atoms with Crippen molar-refractivity contribution in [1.29, 1.82) is 0 Å². The first-order valence-electron chi connectivity index (χ1n) is 16.9. The number of hydrogen-bond donors (Lipinski definition) is 3. The van der Waals surface area contributed by atoms with E-state index in [2.05, 4.69) is 49.9 Å². The smallest absolute Gasteiger partial charge is 0.318 e. The molecule has 0 unspecified atom stereocenters. The molecule has 1 fully saturated rings. The van der Waals surface area contributed by atoms with Crippen LogP contribution in [0.25, 0.3) is 17.0 Å². The second-order valence-corrected chi connectivity index (χ2v) is 20.1. The van der Waals surface area contributed by atoms with E-state index in [0.717, 1.165) is 16.5 Å². The number of ether oxygens (including phenoxy) is 1. The minimum absolute atomic E-state index is 0.0646. The number of pyridine rings is 1. The third-order valence-electron chi connectivity index (χ3n) is 9.78. The second-order valence-electron chi connectivity index (χ2n) is 15.3. The normalized spacial score (nSPS) is 27.4. The van der Waals surface area contributed by atoms with Crippen molar-refractivity contribution < 1.29 is 28.3 Å². The molecule has 0 radical (unpaired) electrons. The summed E-state index contributed by atoms with van der Waals surface area (Å²) in [5.41, 5.74) is 4.06. The molecular formula is C36H53N5O6Si. The van der Waals surface area contributed by atoms with Crippen LogP contribution in [0.2, 0.25) is 18.1 Å². The lowest BCUT2D eigenvalue weighted by molar-refractivity contribution is -0.167. The fourth-order valence-electron chi connectivity index (χ4n) is 5.35. The van der Waals surface area contributed by atoms with Gasteiger partial charge in [-0.05, 0) is 75.4 Å². The van der Waals surface area contributed by atoms with Crippen LogP contribution in [-0.4, -0.2) is 73.3 Å². The third kappa shape index (κ3) is 8.51. The highest BCUT2D eigenvalue weighted by atomic mass is 28.4. The van der Waals surface area contributed by atoms with Crippen molar-refractivity contribution in [1.82, 2.24) is 26.1 Å². The first-order valence-corrected chi connectivity index (χ1v) is 19.9. The van der Waals surface area contributed by atoms with E-state index in [0.29, 0.717) is 25.1 Å². The van der Waals surface area contributed by atoms with E-state index < -0.39 is 49.7 Å². The van der Waals surface area contributed by atoms with E-state index >= 15 is 0 Å². The van der Waals surface area contributed by atoms with E-state index in [4.69, 9.17) is 14.1 Å². The molecule has 0 saturated carbocycles. The monoisotopic (exact) mass is 679 g/mol. The Labute approximate surface area is 285 Å². The lowest BCUT2D eigenvalue weighted by atomic mass is 9.90. The first-order chi connectivity index (χ1) is 22.3. The number of nitrogens with zero attached hydrogens (tertiary/aromatic N) is 2. The molecule has 4 rings (SSSR count). The van der Waals surface area contributed by atoms with E-state index in [1.165, 1.54) is 5.01 Å². The lowest BCUT2D eigenvalue weighted by Gasteiger charge is -2.39. The summed E-state index contributed by atoms with van der Waals surface area (Å²) in [7, 11) is -2.27. The summed E-state index contributed by atoms with van der Waals surface area (Å²) in [6.45, 7) is 19.9. The molecule has 11 nitrogen and oxygen atoms in total. The summed E-state index contributed by atoms with van der Waals surface area (Å²) < 4.78 is 12.5. The van der Waals surface area contributed by atoms with E-state index in [9.17, 15) is 19.2 Å². The summed E-state index contributed by atoms with van der Waals surface area (Å²) in [6, 6.07) is 7.75. The molecule has 2 aromatic rings. The van der Waals surface area contributed by atoms with Crippen molar-refractivity contribution in [3.05, 3.63) is 47.7 Å². The van der Waals surface area contributed by atoms with Crippen molar-refractivity contribution in [2.75, 3.05) is 13.2 Å². The van der Waals surface area contributed by atoms with Crippen LogP contribution >= 0.6 is 0 Å². The van der Waals surface area contributed by atoms with Crippen molar-refractivity contribution in [3.8, 4) is 0 Å². The molecule has 48 heavy (non-hydrogen) atoms. The van der Waals surface area contributed by atoms with Gasteiger partial charge < -0.3 is 19.8 Å². The number of rotatable bonds is 4. The topological polar surface area (TPSA) is 139 Å². The fraction of sp³-hybridized carbons (Fsp3) is 0.583. The van der Waals surface area contributed by atoms with Gasteiger partial charge in [0.15, 0.2) is 14.4 Å². The van der Waals surface area contributed by atoms with Gasteiger partial charge in [-0.3, -0.25) is 29.2 Å². The molecule has 1 saturated heterocycles. The number of nitrogens with one attached hydrogen (secondary N) is 3. The number of fused-ring (bicyclic) bond motifs is 4. The Morgan fingerprint density at radius 3 is 2.38 bits per heavy atom. The number of carbonyl (C=O) groups excluding carboxylic acids is 4. The minimum Gasteiger partial charge on any atom is -0.451 e. The molecular weight excluding hydrogens is 627 g/mol. The van der Waals surface area contributed by atoms with Crippen LogP contribution in [-0.2, 0) is 28.3 Å². The zero-order valence-electron chi connectivity index (χ0n) is 30.1. The molecule has 3 amide bonds. The van der Waals surface area contributed by atoms with Gasteiger partial charge in [0, 0.05) is 11.9 Å². The Hall–Kier alpha value is -3.61. The van der Waals surface area contributed by atoms with Gasteiger partial charge in [-0.2, -0.15) is 0 Å². The van der Waals surface area contributed by atoms with Gasteiger partial charge in [0.1, 0.15) is 17.5 Å². The molecule has 1 aromatic heterocycles. The van der Waals surface area contributed by atoms with Crippen molar-refractivity contribution in [2.45, 2.75) is 111 Å². The highest BCUT2D eigenvalue weighted by molar-refractivity contribution is 6.74. The molecule has 2 aliphatic heterocycles. The molecule has 5 atom stereocenters. The predicted molar refractivity (Wildman–Crippen MR) is 189 cm³/mol. The van der Waals surface area contributed by atoms with Gasteiger partial charge >= 0.3 is 5.97 Å². The standard InChI is InChI=1S/C36H53N5O6Si/c1-22(2)30-32(43)38-24(4)33(44)41-19-11-12-28(40-41)31(42)37-23(3)27-16-15-26-14-13-25(20-29(26)39-27)17-18-36(8,34(45)47-30)21-46-48(9,10)35(5,6)7/h13-18,20,22-24,28,30,40H,11-12,19,21H2,1-10H3,(H,37,42)(H,38,43)/b18-17+/t23-,24+,28+,30+,36-/m1/s1. The van der Waals surface area contributed by atoms with Gasteiger partial charge in [-0.15, -0.1) is 0 Å². The average Bonchev–Trinajstić information content (AvgIpc) is 3.03. The van der Waals surface area contributed by atoms with Gasteiger partial charge in [-0.25, -0.2) is 5.43 Å². The Bertz CT molecular complexity index is 1570. The Kier molecular flexibility index (Phi) is 11.2. The first kappa shape index (κ1) is 37.2. The molecule has 0 aliphatic carbocycles. The summed E-state index contributed by atoms with van der Waals surface area (Å²) in [6.07, 6.45) is 3.63. The molecule has 2 aliphatic rings. The highest BCUT2D eigenvalue weighted by Crippen LogP contribution is 2.38. The number of amides is 3. The summed E-state index contributed by atoms with van der Waals surface area (Å²) in [5, 5.41) is 8.01.